The van der Waals surface area contributed by atoms with E-state index in [0.29, 0.717) is 0 Å². The molecule has 0 spiro atoms. The lowest BCUT2D eigenvalue weighted by molar-refractivity contribution is 1.41. The molecule has 4 heteroatoms. The van der Waals surface area contributed by atoms with Gasteiger partial charge >= 0.3 is 0 Å². The Morgan fingerprint density at radius 2 is 1.65 bits per heavy atom. The van der Waals surface area contributed by atoms with E-state index in [1.54, 1.807) is 0 Å². The van der Waals surface area contributed by atoms with E-state index in [1.807, 2.05) is 18.5 Å². The minimum atomic E-state index is 0.998. The van der Waals surface area contributed by atoms with Gasteiger partial charge in [0.15, 0.2) is 0 Å². The van der Waals surface area contributed by atoms with Crippen LogP contribution in [0.15, 0.2) is 59.8 Å². The molecular weight excluding hydrogens is 302 g/mol. The molecule has 2 heterocycles. The highest BCUT2D eigenvalue weighted by molar-refractivity contribution is 8.04. The van der Waals surface area contributed by atoms with Crippen molar-refractivity contribution in [2.45, 2.75) is 18.7 Å². The number of benzene rings is 2. The van der Waals surface area contributed by atoms with Crippen molar-refractivity contribution in [3.05, 3.63) is 66.0 Å². The molecule has 0 saturated heterocycles. The molecule has 114 valence electrons. The average molecular weight is 319 g/mol. The first-order chi connectivity index (χ1) is 11.2. The van der Waals surface area contributed by atoms with E-state index in [2.05, 4.69) is 65.6 Å². The van der Waals surface area contributed by atoms with Crippen LogP contribution in [0.4, 0.5) is 0 Å². The maximum absolute atomic E-state index is 8.55. The van der Waals surface area contributed by atoms with E-state index in [4.69, 9.17) is 5.26 Å². The quantitative estimate of drug-likeness (QED) is 0.358. The maximum Gasteiger partial charge on any atom is 0.138 e. The first-order valence-corrected chi connectivity index (χ1v) is 8.16. The summed E-state index contributed by atoms with van der Waals surface area (Å²) in [6.45, 7) is 4.15. The van der Waals surface area contributed by atoms with Crippen LogP contribution in [-0.4, -0.2) is 9.97 Å². The molecule has 0 radical (unpaired) electrons. The van der Waals surface area contributed by atoms with Gasteiger partial charge in [-0.05, 0) is 60.3 Å². The van der Waals surface area contributed by atoms with E-state index < -0.39 is 0 Å². The van der Waals surface area contributed by atoms with Gasteiger partial charge in [-0.25, -0.2) is 0 Å². The highest BCUT2D eigenvalue weighted by Gasteiger charge is 2.02. The smallest absolute Gasteiger partial charge is 0.138 e. The molecule has 0 atom stereocenters. The Balaban J connectivity index is 0.000000140. The zero-order valence-electron chi connectivity index (χ0n) is 13.1. The van der Waals surface area contributed by atoms with E-state index in [-0.39, 0.29) is 0 Å². The van der Waals surface area contributed by atoms with Crippen LogP contribution in [0.25, 0.3) is 21.8 Å². The SMILES string of the molecule is Cc1ccc2c(SC#N)c[nH]c2c1.Cc1ccc2cc[nH]c2c1. The Labute approximate surface area is 139 Å². The Bertz CT molecular complexity index is 989. The first-order valence-electron chi connectivity index (χ1n) is 7.35. The summed E-state index contributed by atoms with van der Waals surface area (Å²) in [4.78, 5) is 7.30. The van der Waals surface area contributed by atoms with Gasteiger partial charge in [-0.15, -0.1) is 0 Å². The van der Waals surface area contributed by atoms with Crippen molar-refractivity contribution < 1.29 is 0 Å². The number of thiocyanates is 1. The van der Waals surface area contributed by atoms with Gasteiger partial charge in [0, 0.05) is 33.7 Å². The number of thioether (sulfide) groups is 1. The van der Waals surface area contributed by atoms with Gasteiger partial charge in [-0.1, -0.05) is 24.3 Å². The van der Waals surface area contributed by atoms with Crippen molar-refractivity contribution in [1.29, 1.82) is 5.26 Å². The molecule has 0 unspecified atom stereocenters. The topological polar surface area (TPSA) is 55.4 Å². The van der Waals surface area contributed by atoms with Gasteiger partial charge in [-0.2, -0.15) is 5.26 Å². The van der Waals surface area contributed by atoms with E-state index in [9.17, 15) is 0 Å². The lowest BCUT2D eigenvalue weighted by Crippen LogP contribution is -1.71. The molecule has 4 aromatic rings. The lowest BCUT2D eigenvalue weighted by atomic mass is 10.2. The second kappa shape index (κ2) is 6.64. The van der Waals surface area contributed by atoms with Crippen molar-refractivity contribution in [3.63, 3.8) is 0 Å². The monoisotopic (exact) mass is 319 g/mol. The van der Waals surface area contributed by atoms with Crippen LogP contribution in [0.1, 0.15) is 11.1 Å². The van der Waals surface area contributed by atoms with E-state index >= 15 is 0 Å². The van der Waals surface area contributed by atoms with Crippen molar-refractivity contribution in [1.82, 2.24) is 9.97 Å². The summed E-state index contributed by atoms with van der Waals surface area (Å²) in [5.74, 6) is 0. The number of aromatic amines is 2. The van der Waals surface area contributed by atoms with Crippen molar-refractivity contribution >= 4 is 33.6 Å². The molecule has 3 nitrogen and oxygen atoms in total. The number of hydrogen-bond donors (Lipinski definition) is 2. The summed E-state index contributed by atoms with van der Waals surface area (Å²) in [6.07, 6.45) is 3.84. The number of nitrogens with zero attached hydrogens (tertiary/aromatic N) is 1. The number of fused-ring (bicyclic) bond motifs is 2. The molecule has 0 aliphatic rings. The van der Waals surface area contributed by atoms with Crippen LogP contribution in [0.2, 0.25) is 0 Å². The predicted octanol–water partition coefficient (Wildman–Crippen LogP) is 5.53. The summed E-state index contributed by atoms with van der Waals surface area (Å²) in [5, 5.41) is 13.0. The molecule has 4 rings (SSSR count). The summed E-state index contributed by atoms with van der Waals surface area (Å²) in [5.41, 5.74) is 4.84. The standard InChI is InChI=1S/C10H8N2S.C9H9N/c1-7-2-3-8-9(4-7)12-5-10(8)13-6-11;1-7-2-3-8-4-5-10-9(8)6-7/h2-5,12H,1H3;2-6,10H,1H3. The Morgan fingerprint density at radius 3 is 2.43 bits per heavy atom. The van der Waals surface area contributed by atoms with E-state index in [0.717, 1.165) is 15.8 Å². The lowest BCUT2D eigenvalue weighted by Gasteiger charge is -1.93. The molecule has 0 aliphatic carbocycles. The first kappa shape index (κ1) is 15.3. The van der Waals surface area contributed by atoms with Gasteiger partial charge in [0.2, 0.25) is 0 Å². The van der Waals surface area contributed by atoms with Gasteiger partial charge in [0.25, 0.3) is 0 Å². The van der Waals surface area contributed by atoms with Crippen LogP contribution in [0.3, 0.4) is 0 Å². The third-order valence-corrected chi connectivity index (χ3v) is 4.31. The fraction of sp³-hybridized carbons (Fsp3) is 0.105. The normalized spacial score (nSPS) is 10.3. The van der Waals surface area contributed by atoms with Gasteiger partial charge < -0.3 is 9.97 Å². The molecule has 0 fully saturated rings. The number of nitrogens with one attached hydrogen (secondary N) is 2. The summed E-state index contributed by atoms with van der Waals surface area (Å²) < 4.78 is 0. The number of rotatable bonds is 1. The fourth-order valence-corrected chi connectivity index (χ4v) is 3.01. The summed E-state index contributed by atoms with van der Waals surface area (Å²) >= 11 is 1.19. The molecule has 2 aromatic heterocycles. The van der Waals surface area contributed by atoms with Gasteiger partial charge in [0.05, 0.1) is 0 Å². The Hall–Kier alpha value is -2.64. The second-order valence-electron chi connectivity index (χ2n) is 5.46. The Kier molecular flexibility index (Phi) is 4.40. The highest BCUT2D eigenvalue weighted by atomic mass is 32.2. The molecule has 0 amide bonds. The van der Waals surface area contributed by atoms with Gasteiger partial charge in [0.1, 0.15) is 5.40 Å². The van der Waals surface area contributed by atoms with Crippen LogP contribution < -0.4 is 0 Å². The van der Waals surface area contributed by atoms with Crippen LogP contribution >= 0.6 is 11.8 Å². The second-order valence-corrected chi connectivity index (χ2v) is 6.29. The third-order valence-electron chi connectivity index (χ3n) is 3.67. The molecule has 2 N–H and O–H groups in total. The third kappa shape index (κ3) is 3.41. The molecular formula is C19H17N3S. The molecule has 0 bridgehead atoms. The van der Waals surface area contributed by atoms with Crippen LogP contribution in [0.5, 0.6) is 0 Å². The van der Waals surface area contributed by atoms with Crippen LogP contribution in [-0.2, 0) is 0 Å². The molecule has 0 aliphatic heterocycles. The number of nitriles is 1. The minimum Gasteiger partial charge on any atom is -0.361 e. The summed E-state index contributed by atoms with van der Waals surface area (Å²) in [7, 11) is 0. The largest absolute Gasteiger partial charge is 0.361 e. The van der Waals surface area contributed by atoms with Crippen LogP contribution in [0, 0.1) is 24.5 Å². The summed E-state index contributed by atoms with van der Waals surface area (Å²) in [6, 6.07) is 14.6. The molecule has 23 heavy (non-hydrogen) atoms. The Morgan fingerprint density at radius 1 is 0.913 bits per heavy atom. The zero-order valence-corrected chi connectivity index (χ0v) is 13.9. The minimum absolute atomic E-state index is 0.998. The van der Waals surface area contributed by atoms with Crippen molar-refractivity contribution in [2.24, 2.45) is 0 Å². The van der Waals surface area contributed by atoms with Crippen molar-refractivity contribution in [2.75, 3.05) is 0 Å². The van der Waals surface area contributed by atoms with Crippen molar-refractivity contribution in [3.8, 4) is 5.40 Å². The zero-order chi connectivity index (χ0) is 16.2. The predicted molar refractivity (Wildman–Crippen MR) is 97.5 cm³/mol. The average Bonchev–Trinajstić information content (AvgIpc) is 3.14. The number of aryl methyl sites for hydroxylation is 2. The number of aromatic nitrogens is 2. The number of H-pyrrole nitrogens is 2. The maximum atomic E-state index is 8.55. The van der Waals surface area contributed by atoms with E-state index in [1.165, 1.54) is 33.8 Å². The molecule has 0 saturated carbocycles. The number of hydrogen-bond acceptors (Lipinski definition) is 2. The fourth-order valence-electron chi connectivity index (χ4n) is 2.51. The molecule has 2 aromatic carbocycles. The highest BCUT2D eigenvalue weighted by Crippen LogP contribution is 2.27. The van der Waals surface area contributed by atoms with Gasteiger partial charge in [-0.3, -0.25) is 0 Å².